The quantitative estimate of drug-likeness (QED) is 0.751. The van der Waals surface area contributed by atoms with Gasteiger partial charge >= 0.3 is 0 Å². The minimum Gasteiger partial charge on any atom is -0.265 e. The first kappa shape index (κ1) is 11.3. The zero-order valence-electron chi connectivity index (χ0n) is 10.2. The van der Waals surface area contributed by atoms with Crippen molar-refractivity contribution in [1.29, 1.82) is 5.26 Å². The van der Waals surface area contributed by atoms with E-state index < -0.39 is 0 Å². The first-order valence-corrected chi connectivity index (χ1v) is 5.44. The van der Waals surface area contributed by atoms with E-state index in [9.17, 15) is 0 Å². The number of nitriles is 1. The van der Waals surface area contributed by atoms with E-state index in [2.05, 4.69) is 16.2 Å². The first-order valence-electron chi connectivity index (χ1n) is 5.44. The Morgan fingerprint density at radius 3 is 2.59 bits per heavy atom. The summed E-state index contributed by atoms with van der Waals surface area (Å²) in [4.78, 5) is 4.23. The standard InChI is InChI=1S/C13H14N4/c1-13(2,3)17-9-10(8-14)12(16-17)11-6-4-5-7-15-11/h4-7,9H,1-3H3. The lowest BCUT2D eigenvalue weighted by Gasteiger charge is -2.18. The van der Waals surface area contributed by atoms with Gasteiger partial charge in [-0.2, -0.15) is 10.4 Å². The summed E-state index contributed by atoms with van der Waals surface area (Å²) in [7, 11) is 0. The van der Waals surface area contributed by atoms with Crippen LogP contribution in [0.5, 0.6) is 0 Å². The second-order valence-electron chi connectivity index (χ2n) is 4.83. The summed E-state index contributed by atoms with van der Waals surface area (Å²) in [6.45, 7) is 6.13. The molecule has 0 saturated carbocycles. The third-order valence-electron chi connectivity index (χ3n) is 2.43. The van der Waals surface area contributed by atoms with Crippen molar-refractivity contribution >= 4 is 0 Å². The van der Waals surface area contributed by atoms with Crippen molar-refractivity contribution < 1.29 is 0 Å². The van der Waals surface area contributed by atoms with Gasteiger partial charge < -0.3 is 0 Å². The average molecular weight is 226 g/mol. The predicted octanol–water partition coefficient (Wildman–Crippen LogP) is 2.57. The van der Waals surface area contributed by atoms with Crippen molar-refractivity contribution in [1.82, 2.24) is 14.8 Å². The maximum absolute atomic E-state index is 9.13. The maximum atomic E-state index is 9.13. The molecule has 0 fully saturated rings. The van der Waals surface area contributed by atoms with Crippen LogP contribution in [0.1, 0.15) is 26.3 Å². The number of aromatic nitrogens is 3. The third-order valence-corrected chi connectivity index (χ3v) is 2.43. The summed E-state index contributed by atoms with van der Waals surface area (Å²) < 4.78 is 1.80. The molecule has 0 amide bonds. The monoisotopic (exact) mass is 226 g/mol. The molecule has 0 atom stereocenters. The number of hydrogen-bond acceptors (Lipinski definition) is 3. The minimum absolute atomic E-state index is 0.140. The van der Waals surface area contributed by atoms with Gasteiger partial charge in [0.05, 0.1) is 16.8 Å². The average Bonchev–Trinajstić information content (AvgIpc) is 2.73. The van der Waals surface area contributed by atoms with Crippen LogP contribution in [0.4, 0.5) is 0 Å². The number of hydrogen-bond donors (Lipinski definition) is 0. The van der Waals surface area contributed by atoms with Crippen LogP contribution in [0.3, 0.4) is 0 Å². The zero-order valence-corrected chi connectivity index (χ0v) is 10.2. The molecule has 2 aromatic rings. The molecule has 4 heteroatoms. The van der Waals surface area contributed by atoms with Gasteiger partial charge in [-0.15, -0.1) is 0 Å². The van der Waals surface area contributed by atoms with Crippen molar-refractivity contribution in [3.63, 3.8) is 0 Å². The molecule has 17 heavy (non-hydrogen) atoms. The Morgan fingerprint density at radius 2 is 2.06 bits per heavy atom. The summed E-state index contributed by atoms with van der Waals surface area (Å²) in [5, 5.41) is 13.6. The summed E-state index contributed by atoms with van der Waals surface area (Å²) in [5.74, 6) is 0. The van der Waals surface area contributed by atoms with E-state index in [0.29, 0.717) is 11.3 Å². The predicted molar refractivity (Wildman–Crippen MR) is 65.2 cm³/mol. The summed E-state index contributed by atoms with van der Waals surface area (Å²) >= 11 is 0. The summed E-state index contributed by atoms with van der Waals surface area (Å²) in [5.41, 5.74) is 1.78. The zero-order chi connectivity index (χ0) is 12.5. The number of rotatable bonds is 1. The van der Waals surface area contributed by atoms with Crippen molar-refractivity contribution in [2.24, 2.45) is 0 Å². The largest absolute Gasteiger partial charge is 0.265 e. The Kier molecular flexibility index (Phi) is 2.68. The molecular formula is C13H14N4. The summed E-state index contributed by atoms with van der Waals surface area (Å²) in [6, 6.07) is 7.75. The Hall–Kier alpha value is -2.15. The highest BCUT2D eigenvalue weighted by atomic mass is 15.3. The van der Waals surface area contributed by atoms with E-state index in [1.54, 1.807) is 17.1 Å². The molecule has 0 aliphatic rings. The number of nitrogens with zero attached hydrogens (tertiary/aromatic N) is 4. The lowest BCUT2D eigenvalue weighted by molar-refractivity contribution is 0.356. The fraction of sp³-hybridized carbons (Fsp3) is 0.308. The first-order chi connectivity index (χ1) is 8.02. The van der Waals surface area contributed by atoms with Gasteiger partial charge in [-0.05, 0) is 32.9 Å². The lowest BCUT2D eigenvalue weighted by Crippen LogP contribution is -2.22. The molecule has 2 rings (SSSR count). The second kappa shape index (κ2) is 4.02. The van der Waals surface area contributed by atoms with Gasteiger partial charge in [0.2, 0.25) is 0 Å². The van der Waals surface area contributed by atoms with Gasteiger partial charge in [0.15, 0.2) is 0 Å². The lowest BCUT2D eigenvalue weighted by atomic mass is 10.1. The highest BCUT2D eigenvalue weighted by molar-refractivity contribution is 5.62. The number of pyridine rings is 1. The maximum Gasteiger partial charge on any atom is 0.128 e. The molecule has 0 aliphatic carbocycles. The normalized spacial score (nSPS) is 11.2. The van der Waals surface area contributed by atoms with E-state index in [1.807, 2.05) is 39.0 Å². The van der Waals surface area contributed by atoms with E-state index in [4.69, 9.17) is 5.26 Å². The molecule has 0 spiro atoms. The molecule has 0 radical (unpaired) electrons. The van der Waals surface area contributed by atoms with Crippen LogP contribution in [0, 0.1) is 11.3 Å². The molecule has 2 aromatic heterocycles. The molecule has 86 valence electrons. The Balaban J connectivity index is 2.56. The molecule has 0 N–H and O–H groups in total. The van der Waals surface area contributed by atoms with E-state index in [0.717, 1.165) is 5.69 Å². The van der Waals surface area contributed by atoms with Crippen molar-refractivity contribution in [3.8, 4) is 17.5 Å². The Labute approximate surface area is 101 Å². The molecule has 4 nitrogen and oxygen atoms in total. The highest BCUT2D eigenvalue weighted by Crippen LogP contribution is 2.22. The van der Waals surface area contributed by atoms with Crippen LogP contribution < -0.4 is 0 Å². The van der Waals surface area contributed by atoms with Crippen LogP contribution >= 0.6 is 0 Å². The Bertz CT molecular complexity index is 555. The van der Waals surface area contributed by atoms with Crippen LogP contribution in [0.2, 0.25) is 0 Å². The fourth-order valence-electron chi connectivity index (χ4n) is 1.49. The molecule has 2 heterocycles. The van der Waals surface area contributed by atoms with Gasteiger partial charge in [0, 0.05) is 12.4 Å². The third kappa shape index (κ3) is 2.18. The molecule has 0 saturated heterocycles. The van der Waals surface area contributed by atoms with Crippen molar-refractivity contribution in [2.45, 2.75) is 26.3 Å². The van der Waals surface area contributed by atoms with Crippen LogP contribution in [-0.4, -0.2) is 14.8 Å². The van der Waals surface area contributed by atoms with Crippen LogP contribution in [0.15, 0.2) is 30.6 Å². The van der Waals surface area contributed by atoms with E-state index in [1.165, 1.54) is 0 Å². The molecule has 0 bridgehead atoms. The van der Waals surface area contributed by atoms with Gasteiger partial charge in [0.25, 0.3) is 0 Å². The van der Waals surface area contributed by atoms with E-state index in [-0.39, 0.29) is 5.54 Å². The molecule has 0 unspecified atom stereocenters. The molecule has 0 aromatic carbocycles. The summed E-state index contributed by atoms with van der Waals surface area (Å²) in [6.07, 6.45) is 3.47. The topological polar surface area (TPSA) is 54.5 Å². The minimum atomic E-state index is -0.140. The van der Waals surface area contributed by atoms with E-state index >= 15 is 0 Å². The fourth-order valence-corrected chi connectivity index (χ4v) is 1.49. The van der Waals surface area contributed by atoms with Gasteiger partial charge in [-0.1, -0.05) is 6.07 Å². The van der Waals surface area contributed by atoms with Crippen LogP contribution in [-0.2, 0) is 5.54 Å². The smallest absolute Gasteiger partial charge is 0.128 e. The van der Waals surface area contributed by atoms with Crippen molar-refractivity contribution in [3.05, 3.63) is 36.2 Å². The van der Waals surface area contributed by atoms with Gasteiger partial charge in [-0.25, -0.2) is 0 Å². The second-order valence-corrected chi connectivity index (χ2v) is 4.83. The molecular weight excluding hydrogens is 212 g/mol. The molecule has 0 aliphatic heterocycles. The Morgan fingerprint density at radius 1 is 1.29 bits per heavy atom. The van der Waals surface area contributed by atoms with Gasteiger partial charge in [0.1, 0.15) is 11.8 Å². The van der Waals surface area contributed by atoms with Crippen molar-refractivity contribution in [2.75, 3.05) is 0 Å². The highest BCUT2D eigenvalue weighted by Gasteiger charge is 2.19. The van der Waals surface area contributed by atoms with Crippen LogP contribution in [0.25, 0.3) is 11.4 Å². The SMILES string of the molecule is CC(C)(C)n1cc(C#N)c(-c2ccccn2)n1. The van der Waals surface area contributed by atoms with Gasteiger partial charge in [-0.3, -0.25) is 9.67 Å².